The first-order valence-corrected chi connectivity index (χ1v) is 7.60. The van der Waals surface area contributed by atoms with Gasteiger partial charge in [-0.15, -0.1) is 0 Å². The highest BCUT2D eigenvalue weighted by atomic mass is 35.5. The van der Waals surface area contributed by atoms with Gasteiger partial charge in [-0.05, 0) is 43.7 Å². The van der Waals surface area contributed by atoms with Crippen molar-refractivity contribution in [1.29, 1.82) is 0 Å². The number of nitrogens with zero attached hydrogens (tertiary/aromatic N) is 2. The molecule has 0 spiro atoms. The fourth-order valence-corrected chi connectivity index (χ4v) is 3.11. The van der Waals surface area contributed by atoms with Crippen LogP contribution in [0.25, 0.3) is 10.9 Å². The summed E-state index contributed by atoms with van der Waals surface area (Å²) in [5.74, 6) is 0. The van der Waals surface area contributed by atoms with Gasteiger partial charge in [-0.25, -0.2) is 0 Å². The maximum atomic E-state index is 6.04. The Morgan fingerprint density at radius 2 is 2.25 bits per heavy atom. The van der Waals surface area contributed by atoms with Gasteiger partial charge in [0.1, 0.15) is 0 Å². The van der Waals surface area contributed by atoms with E-state index in [0.29, 0.717) is 6.04 Å². The number of fused-ring (bicyclic) bond motifs is 1. The third kappa shape index (κ3) is 2.89. The Morgan fingerprint density at radius 1 is 1.35 bits per heavy atom. The van der Waals surface area contributed by atoms with E-state index < -0.39 is 0 Å². The number of rotatable bonds is 3. The Labute approximate surface area is 124 Å². The molecule has 4 heteroatoms. The molecule has 3 rings (SSSR count). The Bertz CT molecular complexity index is 593. The van der Waals surface area contributed by atoms with Crippen molar-refractivity contribution < 1.29 is 0 Å². The van der Waals surface area contributed by atoms with Gasteiger partial charge >= 0.3 is 0 Å². The molecular formula is C16H20ClN3. The Hall–Kier alpha value is -1.32. The molecule has 1 aromatic heterocycles. The number of nitrogens with one attached hydrogen (secondary N) is 1. The van der Waals surface area contributed by atoms with Crippen molar-refractivity contribution in [2.45, 2.75) is 25.3 Å². The SMILES string of the molecule is CN(CC1CCCCN1)c1ccnc2cc(Cl)ccc12. The first-order chi connectivity index (χ1) is 9.74. The lowest BCUT2D eigenvalue weighted by atomic mass is 10.0. The minimum atomic E-state index is 0.587. The minimum absolute atomic E-state index is 0.587. The largest absolute Gasteiger partial charge is 0.372 e. The van der Waals surface area contributed by atoms with Crippen LogP contribution in [0.2, 0.25) is 5.02 Å². The molecule has 20 heavy (non-hydrogen) atoms. The third-order valence-corrected chi connectivity index (χ3v) is 4.23. The molecule has 106 valence electrons. The second kappa shape index (κ2) is 5.98. The Balaban J connectivity index is 1.85. The molecule has 0 saturated carbocycles. The van der Waals surface area contributed by atoms with E-state index >= 15 is 0 Å². The number of hydrogen-bond acceptors (Lipinski definition) is 3. The average molecular weight is 290 g/mol. The quantitative estimate of drug-likeness (QED) is 0.938. The zero-order valence-corrected chi connectivity index (χ0v) is 12.5. The van der Waals surface area contributed by atoms with Gasteiger partial charge in [-0.1, -0.05) is 18.0 Å². The number of anilines is 1. The van der Waals surface area contributed by atoms with Crippen LogP contribution in [-0.2, 0) is 0 Å². The predicted octanol–water partition coefficient (Wildman–Crippen LogP) is 3.47. The Kier molecular flexibility index (Phi) is 4.08. The van der Waals surface area contributed by atoms with Crippen LogP contribution in [0.15, 0.2) is 30.5 Å². The van der Waals surface area contributed by atoms with Crippen LogP contribution >= 0.6 is 11.6 Å². The summed E-state index contributed by atoms with van der Waals surface area (Å²) in [6.45, 7) is 2.17. The summed E-state index contributed by atoms with van der Waals surface area (Å²) < 4.78 is 0. The molecule has 1 aromatic carbocycles. The van der Waals surface area contributed by atoms with Gasteiger partial charge in [0.15, 0.2) is 0 Å². The highest BCUT2D eigenvalue weighted by Crippen LogP contribution is 2.27. The highest BCUT2D eigenvalue weighted by molar-refractivity contribution is 6.31. The summed E-state index contributed by atoms with van der Waals surface area (Å²) in [4.78, 5) is 6.73. The second-order valence-corrected chi connectivity index (χ2v) is 5.96. The molecular weight excluding hydrogens is 270 g/mol. The number of halogens is 1. The molecule has 2 heterocycles. The molecule has 1 saturated heterocycles. The molecule has 1 fully saturated rings. The maximum absolute atomic E-state index is 6.04. The zero-order valence-electron chi connectivity index (χ0n) is 11.8. The molecule has 2 aromatic rings. The molecule has 1 atom stereocenters. The van der Waals surface area contributed by atoms with Gasteiger partial charge in [0.25, 0.3) is 0 Å². The summed E-state index contributed by atoms with van der Waals surface area (Å²) >= 11 is 6.04. The number of aromatic nitrogens is 1. The van der Waals surface area contributed by atoms with Gasteiger partial charge in [0.2, 0.25) is 0 Å². The van der Waals surface area contributed by atoms with E-state index in [-0.39, 0.29) is 0 Å². The van der Waals surface area contributed by atoms with Crippen LogP contribution in [0, 0.1) is 0 Å². The number of hydrogen-bond donors (Lipinski definition) is 1. The van der Waals surface area contributed by atoms with Crippen LogP contribution in [0.4, 0.5) is 5.69 Å². The topological polar surface area (TPSA) is 28.2 Å². The molecule has 1 N–H and O–H groups in total. The summed E-state index contributed by atoms with van der Waals surface area (Å²) in [5.41, 5.74) is 2.18. The normalized spacial score (nSPS) is 19.2. The summed E-state index contributed by atoms with van der Waals surface area (Å²) in [6, 6.07) is 8.59. The lowest BCUT2D eigenvalue weighted by molar-refractivity contribution is 0.403. The molecule has 1 aliphatic rings. The van der Waals surface area contributed by atoms with E-state index in [2.05, 4.69) is 34.4 Å². The first-order valence-electron chi connectivity index (χ1n) is 7.23. The molecule has 0 radical (unpaired) electrons. The lowest BCUT2D eigenvalue weighted by Crippen LogP contribution is -2.42. The lowest BCUT2D eigenvalue weighted by Gasteiger charge is -2.30. The number of likely N-dealkylation sites (N-methyl/N-ethyl adjacent to an activating group) is 1. The maximum Gasteiger partial charge on any atom is 0.0737 e. The van der Waals surface area contributed by atoms with Crippen molar-refractivity contribution in [3.63, 3.8) is 0 Å². The van der Waals surface area contributed by atoms with Gasteiger partial charge in [-0.2, -0.15) is 0 Å². The fourth-order valence-electron chi connectivity index (χ4n) is 2.95. The minimum Gasteiger partial charge on any atom is -0.372 e. The smallest absolute Gasteiger partial charge is 0.0737 e. The van der Waals surface area contributed by atoms with Crippen LogP contribution in [0.1, 0.15) is 19.3 Å². The van der Waals surface area contributed by atoms with E-state index in [1.165, 1.54) is 24.9 Å². The van der Waals surface area contributed by atoms with E-state index in [1.807, 2.05) is 18.3 Å². The van der Waals surface area contributed by atoms with E-state index in [9.17, 15) is 0 Å². The van der Waals surface area contributed by atoms with E-state index in [0.717, 1.165) is 29.0 Å². The Morgan fingerprint density at radius 3 is 3.05 bits per heavy atom. The van der Waals surface area contributed by atoms with Crippen molar-refractivity contribution in [1.82, 2.24) is 10.3 Å². The number of benzene rings is 1. The fraction of sp³-hybridized carbons (Fsp3) is 0.438. The molecule has 1 aliphatic heterocycles. The molecule has 3 nitrogen and oxygen atoms in total. The number of piperidine rings is 1. The van der Waals surface area contributed by atoms with Crippen LogP contribution < -0.4 is 10.2 Å². The molecule has 0 bridgehead atoms. The van der Waals surface area contributed by atoms with Crippen LogP contribution in [-0.4, -0.2) is 31.2 Å². The molecule has 1 unspecified atom stereocenters. The van der Waals surface area contributed by atoms with Crippen molar-refractivity contribution in [2.75, 3.05) is 25.0 Å². The van der Waals surface area contributed by atoms with Gasteiger partial charge in [0, 0.05) is 41.9 Å². The van der Waals surface area contributed by atoms with Crippen molar-refractivity contribution >= 4 is 28.2 Å². The van der Waals surface area contributed by atoms with Crippen molar-refractivity contribution in [3.05, 3.63) is 35.5 Å². The highest BCUT2D eigenvalue weighted by Gasteiger charge is 2.16. The molecule has 0 aliphatic carbocycles. The van der Waals surface area contributed by atoms with Crippen LogP contribution in [0.3, 0.4) is 0 Å². The summed E-state index contributed by atoms with van der Waals surface area (Å²) in [6.07, 6.45) is 5.76. The summed E-state index contributed by atoms with van der Waals surface area (Å²) in [5, 5.41) is 5.50. The summed E-state index contributed by atoms with van der Waals surface area (Å²) in [7, 11) is 2.15. The van der Waals surface area contributed by atoms with Gasteiger partial charge in [-0.3, -0.25) is 4.98 Å². The third-order valence-electron chi connectivity index (χ3n) is 4.00. The van der Waals surface area contributed by atoms with Crippen molar-refractivity contribution in [3.8, 4) is 0 Å². The predicted molar refractivity (Wildman–Crippen MR) is 85.7 cm³/mol. The van der Waals surface area contributed by atoms with Gasteiger partial charge in [0.05, 0.1) is 5.52 Å². The van der Waals surface area contributed by atoms with E-state index in [1.54, 1.807) is 0 Å². The van der Waals surface area contributed by atoms with Crippen molar-refractivity contribution in [2.24, 2.45) is 0 Å². The molecule has 0 amide bonds. The first kappa shape index (κ1) is 13.7. The van der Waals surface area contributed by atoms with E-state index in [4.69, 9.17) is 11.6 Å². The monoisotopic (exact) mass is 289 g/mol. The number of pyridine rings is 1. The van der Waals surface area contributed by atoms with Gasteiger partial charge < -0.3 is 10.2 Å². The second-order valence-electron chi connectivity index (χ2n) is 5.52. The van der Waals surface area contributed by atoms with Crippen LogP contribution in [0.5, 0.6) is 0 Å². The standard InChI is InChI=1S/C16H20ClN3/c1-20(11-13-4-2-3-8-18-13)16-7-9-19-15-10-12(17)5-6-14(15)16/h5-7,9-10,13,18H,2-4,8,11H2,1H3. The zero-order chi connectivity index (χ0) is 13.9. The average Bonchev–Trinajstić information content (AvgIpc) is 2.47.